The molecule has 0 spiro atoms. The Labute approximate surface area is 122 Å². The summed E-state index contributed by atoms with van der Waals surface area (Å²) in [7, 11) is 0. The van der Waals surface area contributed by atoms with Gasteiger partial charge in [-0.2, -0.15) is 0 Å². The number of carbonyl (C=O) groups excluding carboxylic acids is 1. The van der Waals surface area contributed by atoms with Gasteiger partial charge in [0.15, 0.2) is 0 Å². The van der Waals surface area contributed by atoms with Gasteiger partial charge in [0.25, 0.3) is 0 Å². The number of unbranched alkanes of at least 4 members (excludes halogenated alkanes) is 1. The summed E-state index contributed by atoms with van der Waals surface area (Å²) in [6, 6.07) is 5.82. The highest BCUT2D eigenvalue weighted by Gasteiger charge is 2.21. The summed E-state index contributed by atoms with van der Waals surface area (Å²) in [6.07, 6.45) is 1.09. The van der Waals surface area contributed by atoms with Crippen LogP contribution in [0.25, 0.3) is 0 Å². The van der Waals surface area contributed by atoms with Crippen molar-refractivity contribution >= 4 is 23.7 Å². The molecule has 2 N–H and O–H groups in total. The van der Waals surface area contributed by atoms with Crippen LogP contribution in [0.1, 0.15) is 25.3 Å². The molecule has 0 bridgehead atoms. The van der Waals surface area contributed by atoms with Crippen molar-refractivity contribution in [2.24, 2.45) is 0 Å². The monoisotopic (exact) mass is 299 g/mol. The van der Waals surface area contributed by atoms with Gasteiger partial charge in [0.2, 0.25) is 0 Å². The number of halogens is 1. The Kier molecular flexibility index (Phi) is 6.87. The van der Waals surface area contributed by atoms with Crippen LogP contribution in [-0.4, -0.2) is 29.8 Å². The second-order valence-corrected chi connectivity index (χ2v) is 4.80. The second kappa shape index (κ2) is 8.43. The van der Waals surface area contributed by atoms with Crippen LogP contribution in [0.2, 0.25) is 5.02 Å². The van der Waals surface area contributed by atoms with E-state index in [0.29, 0.717) is 5.02 Å². The summed E-state index contributed by atoms with van der Waals surface area (Å²) >= 11 is 5.84. The predicted molar refractivity (Wildman–Crippen MR) is 76.0 cm³/mol. The highest BCUT2D eigenvalue weighted by Crippen LogP contribution is 2.12. The van der Waals surface area contributed by atoms with E-state index in [1.165, 1.54) is 0 Å². The summed E-state index contributed by atoms with van der Waals surface area (Å²) in [5.41, 5.74) is 0.735. The van der Waals surface area contributed by atoms with E-state index in [0.717, 1.165) is 18.4 Å². The topological polar surface area (TPSA) is 75.6 Å². The molecule has 1 amide bonds. The van der Waals surface area contributed by atoms with Gasteiger partial charge in [-0.1, -0.05) is 37.1 Å². The van der Waals surface area contributed by atoms with Crippen LogP contribution in [0.4, 0.5) is 4.79 Å². The van der Waals surface area contributed by atoms with Crippen LogP contribution in [0.5, 0.6) is 0 Å². The van der Waals surface area contributed by atoms with Gasteiger partial charge in [-0.05, 0) is 24.1 Å². The van der Waals surface area contributed by atoms with Gasteiger partial charge < -0.3 is 15.2 Å². The third-order valence-electron chi connectivity index (χ3n) is 2.65. The van der Waals surface area contributed by atoms with Gasteiger partial charge >= 0.3 is 12.1 Å². The number of carboxylic acids is 1. The van der Waals surface area contributed by atoms with Crippen molar-refractivity contribution in [1.29, 1.82) is 0 Å². The van der Waals surface area contributed by atoms with Crippen molar-refractivity contribution in [3.05, 3.63) is 34.9 Å². The molecule has 6 heteroatoms. The zero-order valence-electron chi connectivity index (χ0n) is 11.3. The normalized spacial score (nSPS) is 11.7. The third-order valence-corrected chi connectivity index (χ3v) is 2.89. The zero-order chi connectivity index (χ0) is 15.0. The number of aliphatic carboxylic acids is 1. The smallest absolute Gasteiger partial charge is 0.407 e. The van der Waals surface area contributed by atoms with Crippen LogP contribution < -0.4 is 5.32 Å². The van der Waals surface area contributed by atoms with Gasteiger partial charge in [-0.3, -0.25) is 0 Å². The molecule has 1 aromatic carbocycles. The van der Waals surface area contributed by atoms with Crippen LogP contribution in [-0.2, 0) is 16.0 Å². The van der Waals surface area contributed by atoms with Crippen LogP contribution in [0, 0.1) is 0 Å². The van der Waals surface area contributed by atoms with E-state index >= 15 is 0 Å². The maximum Gasteiger partial charge on any atom is 0.407 e. The molecule has 1 rings (SSSR count). The molecule has 0 radical (unpaired) electrons. The molecule has 0 fully saturated rings. The molecule has 0 heterocycles. The van der Waals surface area contributed by atoms with E-state index in [4.69, 9.17) is 21.4 Å². The Morgan fingerprint density at radius 2 is 2.20 bits per heavy atom. The summed E-state index contributed by atoms with van der Waals surface area (Å²) in [5.74, 6) is -1.11. The number of hydrogen-bond acceptors (Lipinski definition) is 3. The fraction of sp³-hybridized carbons (Fsp3) is 0.429. The highest BCUT2D eigenvalue weighted by molar-refractivity contribution is 6.30. The van der Waals surface area contributed by atoms with E-state index in [1.54, 1.807) is 24.3 Å². The molecule has 0 aliphatic carbocycles. The Balaban J connectivity index is 2.56. The molecule has 110 valence electrons. The van der Waals surface area contributed by atoms with Gasteiger partial charge in [0.1, 0.15) is 6.04 Å². The lowest BCUT2D eigenvalue weighted by Gasteiger charge is -2.14. The number of amides is 1. The third kappa shape index (κ3) is 5.93. The minimum atomic E-state index is -1.11. The van der Waals surface area contributed by atoms with Crippen molar-refractivity contribution in [3.8, 4) is 0 Å². The van der Waals surface area contributed by atoms with Crippen molar-refractivity contribution in [3.63, 3.8) is 0 Å². The van der Waals surface area contributed by atoms with Gasteiger partial charge in [-0.25, -0.2) is 9.59 Å². The highest BCUT2D eigenvalue weighted by atomic mass is 35.5. The molecule has 0 saturated heterocycles. The van der Waals surface area contributed by atoms with Gasteiger partial charge in [0.05, 0.1) is 6.61 Å². The molecular formula is C14H18ClNO4. The molecule has 0 aliphatic heterocycles. The SMILES string of the molecule is CCCCOC(=O)NC(Cc1cccc(Cl)c1)C(=O)O. The minimum Gasteiger partial charge on any atom is -0.480 e. The standard InChI is InChI=1S/C14H18ClNO4/c1-2-3-7-20-14(19)16-12(13(17)18)9-10-5-4-6-11(15)8-10/h4-6,8,12H,2-3,7,9H2,1H3,(H,16,19)(H,17,18). The van der Waals surface area contributed by atoms with Gasteiger partial charge in [0, 0.05) is 11.4 Å². The molecule has 0 saturated carbocycles. The lowest BCUT2D eigenvalue weighted by Crippen LogP contribution is -2.42. The molecule has 0 aromatic heterocycles. The number of ether oxygens (including phenoxy) is 1. The first-order valence-corrected chi connectivity index (χ1v) is 6.81. The minimum absolute atomic E-state index is 0.152. The molecule has 1 aromatic rings. The van der Waals surface area contributed by atoms with E-state index in [-0.39, 0.29) is 13.0 Å². The quantitative estimate of drug-likeness (QED) is 0.759. The largest absolute Gasteiger partial charge is 0.480 e. The van der Waals surface area contributed by atoms with E-state index in [2.05, 4.69) is 5.32 Å². The number of carboxylic acid groups (broad SMARTS) is 1. The molecule has 1 unspecified atom stereocenters. The van der Waals surface area contributed by atoms with Gasteiger partial charge in [-0.15, -0.1) is 0 Å². The fourth-order valence-corrected chi connectivity index (χ4v) is 1.81. The molecule has 1 atom stereocenters. The predicted octanol–water partition coefficient (Wildman–Crippen LogP) is 2.86. The number of alkyl carbamates (subject to hydrolysis) is 1. The summed E-state index contributed by atoms with van der Waals surface area (Å²) in [4.78, 5) is 22.6. The number of carbonyl (C=O) groups is 2. The van der Waals surface area contributed by atoms with Crippen LogP contribution >= 0.6 is 11.6 Å². The average Bonchev–Trinajstić information content (AvgIpc) is 2.38. The van der Waals surface area contributed by atoms with Crippen LogP contribution in [0.15, 0.2) is 24.3 Å². The number of rotatable bonds is 7. The molecule has 5 nitrogen and oxygen atoms in total. The first-order valence-electron chi connectivity index (χ1n) is 6.43. The van der Waals surface area contributed by atoms with Crippen molar-refractivity contribution in [1.82, 2.24) is 5.32 Å². The van der Waals surface area contributed by atoms with Crippen molar-refractivity contribution in [2.75, 3.05) is 6.61 Å². The Hall–Kier alpha value is -1.75. The molecular weight excluding hydrogens is 282 g/mol. The van der Waals surface area contributed by atoms with Crippen molar-refractivity contribution in [2.45, 2.75) is 32.2 Å². The van der Waals surface area contributed by atoms with Crippen molar-refractivity contribution < 1.29 is 19.4 Å². The summed E-state index contributed by atoms with van der Waals surface area (Å²) < 4.78 is 4.89. The number of hydrogen-bond donors (Lipinski definition) is 2. The fourth-order valence-electron chi connectivity index (χ4n) is 1.59. The lowest BCUT2D eigenvalue weighted by atomic mass is 10.1. The summed E-state index contributed by atoms with van der Waals surface area (Å²) in [5, 5.41) is 12.0. The Morgan fingerprint density at radius 3 is 2.80 bits per heavy atom. The molecule has 20 heavy (non-hydrogen) atoms. The van der Waals surface area contributed by atoms with Crippen LogP contribution in [0.3, 0.4) is 0 Å². The lowest BCUT2D eigenvalue weighted by molar-refractivity contribution is -0.139. The number of benzene rings is 1. The second-order valence-electron chi connectivity index (χ2n) is 4.36. The first kappa shape index (κ1) is 16.3. The van der Waals surface area contributed by atoms with E-state index in [9.17, 15) is 9.59 Å². The Bertz CT molecular complexity index is 464. The number of nitrogens with one attached hydrogen (secondary N) is 1. The van der Waals surface area contributed by atoms with E-state index < -0.39 is 18.1 Å². The maximum absolute atomic E-state index is 11.5. The van der Waals surface area contributed by atoms with E-state index in [1.807, 2.05) is 6.92 Å². The first-order chi connectivity index (χ1) is 9.52. The Morgan fingerprint density at radius 1 is 1.45 bits per heavy atom. The average molecular weight is 300 g/mol. The summed E-state index contributed by atoms with van der Waals surface area (Å²) in [6.45, 7) is 2.26. The molecule has 0 aliphatic rings. The maximum atomic E-state index is 11.5. The zero-order valence-corrected chi connectivity index (χ0v) is 12.0.